The average Bonchev–Trinajstić information content (AvgIpc) is 2.63. The van der Waals surface area contributed by atoms with E-state index in [0.717, 1.165) is 11.1 Å². The van der Waals surface area contributed by atoms with Crippen LogP contribution >= 0.6 is 0 Å². The van der Waals surface area contributed by atoms with Crippen LogP contribution in [0.25, 0.3) is 0 Å². The lowest BCUT2D eigenvalue weighted by Gasteiger charge is -2.27. The Morgan fingerprint density at radius 1 is 1.08 bits per heavy atom. The summed E-state index contributed by atoms with van der Waals surface area (Å²) in [5.74, 6) is -0.364. The van der Waals surface area contributed by atoms with Gasteiger partial charge in [-0.25, -0.2) is 8.42 Å². The van der Waals surface area contributed by atoms with E-state index >= 15 is 0 Å². The molecule has 2 atom stereocenters. The Labute approximate surface area is 156 Å². The van der Waals surface area contributed by atoms with Crippen LogP contribution in [0, 0.1) is 6.92 Å². The van der Waals surface area contributed by atoms with Gasteiger partial charge in [0.05, 0.1) is 11.0 Å². The predicted octanol–water partition coefficient (Wildman–Crippen LogP) is 3.50. The molecule has 26 heavy (non-hydrogen) atoms. The van der Waals surface area contributed by atoms with E-state index in [1.807, 2.05) is 37.3 Å². The molecule has 0 bridgehead atoms. The van der Waals surface area contributed by atoms with E-state index in [1.54, 1.807) is 30.3 Å². The molecule has 0 aliphatic carbocycles. The summed E-state index contributed by atoms with van der Waals surface area (Å²) in [6.07, 6.45) is 2.24. The van der Waals surface area contributed by atoms with Crippen molar-refractivity contribution in [3.63, 3.8) is 0 Å². The van der Waals surface area contributed by atoms with Crippen molar-refractivity contribution < 1.29 is 13.5 Å². The Morgan fingerprint density at radius 3 is 2.23 bits per heavy atom. The fraction of sp³-hybridized carbons (Fsp3) is 0.238. The van der Waals surface area contributed by atoms with Gasteiger partial charge in [-0.1, -0.05) is 60.2 Å². The molecule has 2 rings (SSSR count). The van der Waals surface area contributed by atoms with Crippen LogP contribution in [-0.4, -0.2) is 37.0 Å². The van der Waals surface area contributed by atoms with Crippen LogP contribution in [0.15, 0.2) is 84.8 Å². The zero-order chi connectivity index (χ0) is 19.2. The monoisotopic (exact) mass is 371 g/mol. The van der Waals surface area contributed by atoms with Gasteiger partial charge in [-0.2, -0.15) is 4.31 Å². The van der Waals surface area contributed by atoms with Crippen molar-refractivity contribution in [3.8, 4) is 0 Å². The van der Waals surface area contributed by atoms with Crippen molar-refractivity contribution in [2.75, 3.05) is 13.1 Å². The van der Waals surface area contributed by atoms with Crippen molar-refractivity contribution in [1.29, 1.82) is 0 Å². The van der Waals surface area contributed by atoms with E-state index in [2.05, 4.69) is 13.2 Å². The Hall–Kier alpha value is -2.21. The number of aliphatic hydroxyl groups excluding tert-OH is 1. The van der Waals surface area contributed by atoms with Gasteiger partial charge >= 0.3 is 0 Å². The molecule has 0 unspecified atom stereocenters. The summed E-state index contributed by atoms with van der Waals surface area (Å²) in [6.45, 7) is 9.41. The first-order valence-electron chi connectivity index (χ1n) is 8.43. The van der Waals surface area contributed by atoms with Crippen LogP contribution in [0.5, 0.6) is 0 Å². The average molecular weight is 372 g/mol. The molecule has 0 aliphatic heterocycles. The van der Waals surface area contributed by atoms with Crippen LogP contribution in [0.4, 0.5) is 0 Å². The third-order valence-electron chi connectivity index (χ3n) is 4.24. The van der Waals surface area contributed by atoms with Gasteiger partial charge in [0.2, 0.25) is 10.0 Å². The first-order valence-corrected chi connectivity index (χ1v) is 9.87. The van der Waals surface area contributed by atoms with Crippen molar-refractivity contribution >= 4 is 10.0 Å². The molecule has 0 amide bonds. The second kappa shape index (κ2) is 8.94. The summed E-state index contributed by atoms with van der Waals surface area (Å²) in [5, 5.41) is 10.7. The third kappa shape index (κ3) is 4.69. The van der Waals surface area contributed by atoms with Crippen molar-refractivity contribution in [3.05, 3.63) is 91.0 Å². The minimum atomic E-state index is -3.73. The molecule has 0 radical (unpaired) electrons. The minimum absolute atomic E-state index is 0.0478. The maximum atomic E-state index is 13.0. The second-order valence-electron chi connectivity index (χ2n) is 6.16. The fourth-order valence-corrected chi connectivity index (χ4v) is 4.22. The molecule has 2 aromatic carbocycles. The molecule has 2 aromatic rings. The number of hydrogen-bond donors (Lipinski definition) is 1. The Balaban J connectivity index is 2.27. The first kappa shape index (κ1) is 20.1. The van der Waals surface area contributed by atoms with Crippen molar-refractivity contribution in [2.45, 2.75) is 23.8 Å². The van der Waals surface area contributed by atoms with Crippen LogP contribution in [0.2, 0.25) is 0 Å². The molecule has 1 N–H and O–H groups in total. The lowest BCUT2D eigenvalue weighted by Crippen LogP contribution is -2.39. The predicted molar refractivity (Wildman–Crippen MR) is 106 cm³/mol. The summed E-state index contributed by atoms with van der Waals surface area (Å²) in [6, 6.07) is 16.1. The van der Waals surface area contributed by atoms with Gasteiger partial charge in [0.1, 0.15) is 0 Å². The quantitative estimate of drug-likeness (QED) is 0.687. The van der Waals surface area contributed by atoms with Gasteiger partial charge in [-0.05, 0) is 24.6 Å². The molecule has 0 heterocycles. The molecule has 0 fully saturated rings. The normalized spacial score (nSPS) is 14.0. The largest absolute Gasteiger partial charge is 0.391 e. The highest BCUT2D eigenvalue weighted by Gasteiger charge is 2.28. The highest BCUT2D eigenvalue weighted by Crippen LogP contribution is 2.24. The van der Waals surface area contributed by atoms with Crippen LogP contribution in [0.3, 0.4) is 0 Å². The third-order valence-corrected chi connectivity index (χ3v) is 6.08. The molecule has 0 aromatic heterocycles. The molecule has 0 aliphatic rings. The zero-order valence-corrected chi connectivity index (χ0v) is 15.8. The van der Waals surface area contributed by atoms with E-state index in [0.29, 0.717) is 0 Å². The number of nitrogens with zero attached hydrogens (tertiary/aromatic N) is 1. The van der Waals surface area contributed by atoms with Gasteiger partial charge in [-0.15, -0.1) is 13.2 Å². The van der Waals surface area contributed by atoms with E-state index in [9.17, 15) is 13.5 Å². The van der Waals surface area contributed by atoms with Gasteiger partial charge in [0.15, 0.2) is 0 Å². The van der Waals surface area contributed by atoms with E-state index in [4.69, 9.17) is 0 Å². The summed E-state index contributed by atoms with van der Waals surface area (Å²) in [7, 11) is -3.73. The van der Waals surface area contributed by atoms with Gasteiger partial charge in [-0.3, -0.25) is 0 Å². The molecule has 0 spiro atoms. The number of sulfonamides is 1. The van der Waals surface area contributed by atoms with Crippen molar-refractivity contribution in [2.24, 2.45) is 0 Å². The van der Waals surface area contributed by atoms with E-state index < -0.39 is 16.1 Å². The summed E-state index contributed by atoms with van der Waals surface area (Å²) in [5.41, 5.74) is 1.87. The molecule has 5 heteroatoms. The SMILES string of the molecule is C=CCN(C[C@H](O)[C@@H](C=C)c1ccccc1)S(=O)(=O)c1ccc(C)cc1. The van der Waals surface area contributed by atoms with Crippen LogP contribution in [0.1, 0.15) is 17.0 Å². The van der Waals surface area contributed by atoms with Gasteiger partial charge in [0.25, 0.3) is 0 Å². The minimum Gasteiger partial charge on any atom is -0.391 e. The zero-order valence-electron chi connectivity index (χ0n) is 15.0. The molecule has 138 valence electrons. The second-order valence-corrected chi connectivity index (χ2v) is 8.10. The Kier molecular flexibility index (Phi) is 6.91. The molecular formula is C21H25NO3S. The topological polar surface area (TPSA) is 57.6 Å². The summed E-state index contributed by atoms with van der Waals surface area (Å²) in [4.78, 5) is 0.201. The Morgan fingerprint density at radius 2 is 1.69 bits per heavy atom. The fourth-order valence-electron chi connectivity index (χ4n) is 2.79. The number of aryl methyl sites for hydroxylation is 1. The molecule has 4 nitrogen and oxygen atoms in total. The van der Waals surface area contributed by atoms with Crippen LogP contribution in [-0.2, 0) is 10.0 Å². The Bertz CT molecular complexity index is 829. The highest BCUT2D eigenvalue weighted by atomic mass is 32.2. The van der Waals surface area contributed by atoms with E-state index in [-0.39, 0.29) is 23.9 Å². The number of benzene rings is 2. The molecular weight excluding hydrogens is 346 g/mol. The highest BCUT2D eigenvalue weighted by molar-refractivity contribution is 7.89. The smallest absolute Gasteiger partial charge is 0.243 e. The van der Waals surface area contributed by atoms with Gasteiger partial charge < -0.3 is 5.11 Å². The number of hydrogen-bond acceptors (Lipinski definition) is 3. The maximum Gasteiger partial charge on any atom is 0.243 e. The van der Waals surface area contributed by atoms with E-state index in [1.165, 1.54) is 10.4 Å². The summed E-state index contributed by atoms with van der Waals surface area (Å²) < 4.78 is 27.2. The van der Waals surface area contributed by atoms with Gasteiger partial charge in [0, 0.05) is 19.0 Å². The first-order chi connectivity index (χ1) is 12.4. The standard InChI is InChI=1S/C21H25NO3S/c1-4-15-22(26(24,25)19-13-11-17(3)12-14-19)16-21(23)20(5-2)18-9-7-6-8-10-18/h4-14,20-21,23H,1-2,15-16H2,3H3/t20-,21-/m0/s1. The summed E-state index contributed by atoms with van der Waals surface area (Å²) >= 11 is 0. The lowest BCUT2D eigenvalue weighted by molar-refractivity contribution is 0.135. The van der Waals surface area contributed by atoms with Crippen molar-refractivity contribution in [1.82, 2.24) is 4.31 Å². The molecule has 0 saturated heterocycles. The molecule has 0 saturated carbocycles. The van der Waals surface area contributed by atoms with Crippen LogP contribution < -0.4 is 0 Å². The number of aliphatic hydroxyl groups is 1. The number of rotatable bonds is 9. The maximum absolute atomic E-state index is 13.0. The lowest BCUT2D eigenvalue weighted by atomic mass is 9.93.